The minimum Gasteiger partial charge on any atom is -0.497 e. The average molecular weight is 303 g/mol. The molecule has 1 fully saturated rings. The minimum absolute atomic E-state index is 0.404. The molecule has 1 aromatic carbocycles. The van der Waals surface area contributed by atoms with Gasteiger partial charge in [0.1, 0.15) is 11.5 Å². The van der Waals surface area contributed by atoms with Gasteiger partial charge in [0.05, 0.1) is 25.7 Å². The summed E-state index contributed by atoms with van der Waals surface area (Å²) in [5.74, 6) is 2.79. The smallest absolute Gasteiger partial charge is 0.230 e. The van der Waals surface area contributed by atoms with Crippen LogP contribution in [0.25, 0.3) is 0 Å². The van der Waals surface area contributed by atoms with E-state index < -0.39 is 5.54 Å². The molecule has 0 bridgehead atoms. The lowest BCUT2D eigenvalue weighted by atomic mass is 9.99. The third-order valence-electron chi connectivity index (χ3n) is 4.05. The van der Waals surface area contributed by atoms with Crippen LogP contribution in [-0.4, -0.2) is 23.9 Å². The zero-order chi connectivity index (χ0) is 15.4. The molecule has 2 N–H and O–H groups in total. The van der Waals surface area contributed by atoms with Crippen LogP contribution in [0.3, 0.4) is 0 Å². The molecule has 6 nitrogen and oxygen atoms in total. The van der Waals surface area contributed by atoms with Gasteiger partial charge in [-0.2, -0.15) is 4.98 Å². The summed E-state index contributed by atoms with van der Waals surface area (Å²) in [6.07, 6.45) is 4.67. The van der Waals surface area contributed by atoms with Gasteiger partial charge < -0.3 is 19.7 Å². The summed E-state index contributed by atoms with van der Waals surface area (Å²) >= 11 is 0. The van der Waals surface area contributed by atoms with Gasteiger partial charge in [0, 0.05) is 0 Å². The number of ether oxygens (including phenoxy) is 2. The summed E-state index contributed by atoms with van der Waals surface area (Å²) in [4.78, 5) is 4.42. The first-order valence-corrected chi connectivity index (χ1v) is 7.58. The van der Waals surface area contributed by atoms with E-state index in [4.69, 9.17) is 19.7 Å². The van der Waals surface area contributed by atoms with Gasteiger partial charge in [-0.15, -0.1) is 0 Å². The fourth-order valence-corrected chi connectivity index (χ4v) is 2.72. The van der Waals surface area contributed by atoms with Crippen LogP contribution < -0.4 is 15.2 Å². The molecule has 22 heavy (non-hydrogen) atoms. The highest BCUT2D eigenvalue weighted by molar-refractivity contribution is 5.31. The molecule has 0 saturated heterocycles. The Kier molecular flexibility index (Phi) is 4.29. The van der Waals surface area contributed by atoms with Crippen molar-refractivity contribution in [3.8, 4) is 11.5 Å². The van der Waals surface area contributed by atoms with Crippen molar-refractivity contribution in [1.82, 2.24) is 10.1 Å². The van der Waals surface area contributed by atoms with E-state index in [9.17, 15) is 0 Å². The number of nitrogens with two attached hydrogens (primary N) is 1. The van der Waals surface area contributed by atoms with Gasteiger partial charge in [-0.3, -0.25) is 0 Å². The van der Waals surface area contributed by atoms with Crippen molar-refractivity contribution in [3.63, 3.8) is 0 Å². The topological polar surface area (TPSA) is 83.4 Å². The Balaban J connectivity index is 1.52. The van der Waals surface area contributed by atoms with Crippen LogP contribution in [0.5, 0.6) is 11.5 Å². The van der Waals surface area contributed by atoms with Crippen molar-refractivity contribution in [1.29, 1.82) is 0 Å². The van der Waals surface area contributed by atoms with E-state index in [1.807, 2.05) is 24.3 Å². The minimum atomic E-state index is -0.404. The summed E-state index contributed by atoms with van der Waals surface area (Å²) in [6, 6.07) is 7.45. The molecular weight excluding hydrogens is 282 g/mol. The number of hydrogen-bond acceptors (Lipinski definition) is 6. The van der Waals surface area contributed by atoms with Gasteiger partial charge in [-0.05, 0) is 37.1 Å². The number of hydrogen-bond donors (Lipinski definition) is 1. The molecule has 0 aliphatic heterocycles. The van der Waals surface area contributed by atoms with E-state index in [0.717, 1.165) is 37.2 Å². The van der Waals surface area contributed by atoms with Gasteiger partial charge in [0.25, 0.3) is 0 Å². The quantitative estimate of drug-likeness (QED) is 0.882. The van der Waals surface area contributed by atoms with E-state index in [1.165, 1.54) is 0 Å². The van der Waals surface area contributed by atoms with E-state index in [2.05, 4.69) is 10.1 Å². The third-order valence-corrected chi connectivity index (χ3v) is 4.05. The van der Waals surface area contributed by atoms with Crippen molar-refractivity contribution < 1.29 is 14.0 Å². The Morgan fingerprint density at radius 2 is 1.86 bits per heavy atom. The zero-order valence-corrected chi connectivity index (χ0v) is 12.7. The molecule has 1 saturated carbocycles. The lowest BCUT2D eigenvalue weighted by Gasteiger charge is -2.17. The first-order valence-electron chi connectivity index (χ1n) is 7.58. The van der Waals surface area contributed by atoms with E-state index in [0.29, 0.717) is 24.7 Å². The molecule has 0 unspecified atom stereocenters. The number of benzene rings is 1. The highest BCUT2D eigenvalue weighted by Gasteiger charge is 2.35. The zero-order valence-electron chi connectivity index (χ0n) is 12.7. The van der Waals surface area contributed by atoms with Gasteiger partial charge in [-0.25, -0.2) is 0 Å². The molecule has 0 atom stereocenters. The van der Waals surface area contributed by atoms with Crippen LogP contribution in [0.4, 0.5) is 0 Å². The second-order valence-electron chi connectivity index (χ2n) is 5.65. The molecule has 1 aliphatic rings. The Morgan fingerprint density at radius 3 is 2.55 bits per heavy atom. The van der Waals surface area contributed by atoms with Crippen LogP contribution in [0.15, 0.2) is 28.8 Å². The van der Waals surface area contributed by atoms with E-state index in [1.54, 1.807) is 7.11 Å². The Morgan fingerprint density at radius 1 is 1.18 bits per heavy atom. The van der Waals surface area contributed by atoms with Crippen molar-refractivity contribution in [2.75, 3.05) is 13.7 Å². The van der Waals surface area contributed by atoms with Crippen LogP contribution >= 0.6 is 0 Å². The van der Waals surface area contributed by atoms with Gasteiger partial charge >= 0.3 is 0 Å². The predicted octanol–water partition coefficient (Wildman–Crippen LogP) is 2.43. The van der Waals surface area contributed by atoms with Gasteiger partial charge in [0.15, 0.2) is 5.82 Å². The van der Waals surface area contributed by atoms with Crippen LogP contribution in [0.2, 0.25) is 0 Å². The first kappa shape index (κ1) is 14.8. The molecule has 1 aliphatic carbocycles. The summed E-state index contributed by atoms with van der Waals surface area (Å²) < 4.78 is 16.0. The van der Waals surface area contributed by atoms with Gasteiger partial charge in [0.2, 0.25) is 5.89 Å². The molecule has 2 aromatic rings. The van der Waals surface area contributed by atoms with Crippen LogP contribution in [0.1, 0.15) is 37.4 Å². The first-order chi connectivity index (χ1) is 10.7. The number of aromatic nitrogens is 2. The highest BCUT2D eigenvalue weighted by atomic mass is 16.5. The molecule has 1 aromatic heterocycles. The largest absolute Gasteiger partial charge is 0.497 e. The number of methoxy groups -OCH3 is 1. The fourth-order valence-electron chi connectivity index (χ4n) is 2.72. The monoisotopic (exact) mass is 303 g/mol. The lowest BCUT2D eigenvalue weighted by Crippen LogP contribution is -2.34. The van der Waals surface area contributed by atoms with Crippen LogP contribution in [-0.2, 0) is 12.0 Å². The summed E-state index contributed by atoms with van der Waals surface area (Å²) in [7, 11) is 1.64. The maximum atomic E-state index is 6.31. The predicted molar refractivity (Wildman–Crippen MR) is 80.8 cm³/mol. The molecule has 0 spiro atoms. The molecular formula is C16H21N3O3. The van der Waals surface area contributed by atoms with Crippen molar-refractivity contribution in [2.24, 2.45) is 5.73 Å². The summed E-state index contributed by atoms with van der Waals surface area (Å²) in [5, 5.41) is 4.04. The second-order valence-corrected chi connectivity index (χ2v) is 5.65. The van der Waals surface area contributed by atoms with Gasteiger partial charge in [-0.1, -0.05) is 18.0 Å². The molecule has 0 amide bonds. The van der Waals surface area contributed by atoms with Crippen LogP contribution in [0, 0.1) is 0 Å². The van der Waals surface area contributed by atoms with E-state index >= 15 is 0 Å². The SMILES string of the molecule is COc1ccc(OCCc2nc(C3(N)CCCC3)no2)cc1. The van der Waals surface area contributed by atoms with E-state index in [-0.39, 0.29) is 0 Å². The Bertz CT molecular complexity index is 603. The summed E-state index contributed by atoms with van der Waals surface area (Å²) in [6.45, 7) is 0.478. The maximum Gasteiger partial charge on any atom is 0.230 e. The molecule has 6 heteroatoms. The normalized spacial score (nSPS) is 16.6. The lowest BCUT2D eigenvalue weighted by molar-refractivity contribution is 0.289. The second kappa shape index (κ2) is 6.36. The van der Waals surface area contributed by atoms with Crippen molar-refractivity contribution in [2.45, 2.75) is 37.6 Å². The third kappa shape index (κ3) is 3.22. The molecule has 3 rings (SSSR count). The molecule has 0 radical (unpaired) electrons. The maximum absolute atomic E-state index is 6.31. The summed E-state index contributed by atoms with van der Waals surface area (Å²) in [5.41, 5.74) is 5.91. The fraction of sp³-hybridized carbons (Fsp3) is 0.500. The standard InChI is InChI=1S/C16H21N3O3/c1-20-12-4-6-13(7-5-12)21-11-8-14-18-15(19-22-14)16(17)9-2-3-10-16/h4-7H,2-3,8-11,17H2,1H3. The Hall–Kier alpha value is -2.08. The molecule has 1 heterocycles. The van der Waals surface area contributed by atoms with Crippen molar-refractivity contribution >= 4 is 0 Å². The average Bonchev–Trinajstić information content (AvgIpc) is 3.18. The highest BCUT2D eigenvalue weighted by Crippen LogP contribution is 2.34. The number of nitrogens with zero attached hydrogens (tertiary/aromatic N) is 2. The molecule has 118 valence electrons. The number of rotatable bonds is 6. The van der Waals surface area contributed by atoms with Crippen molar-refractivity contribution in [3.05, 3.63) is 36.0 Å². The Labute approximate surface area is 129 Å².